The number of aliphatic carboxylic acids is 1. The molecule has 1 fully saturated rings. The lowest BCUT2D eigenvalue weighted by Gasteiger charge is -2.08. The van der Waals surface area contributed by atoms with Crippen molar-refractivity contribution in [1.82, 2.24) is 9.97 Å². The molecule has 2 aromatic rings. The summed E-state index contributed by atoms with van der Waals surface area (Å²) in [4.78, 5) is 39.4. The minimum Gasteiger partial charge on any atom is -0.480 e. The van der Waals surface area contributed by atoms with E-state index in [1.165, 1.54) is 12.1 Å². The van der Waals surface area contributed by atoms with E-state index < -0.39 is 11.4 Å². The average Bonchev–Trinajstić information content (AvgIpc) is 3.05. The summed E-state index contributed by atoms with van der Waals surface area (Å²) >= 11 is 0. The van der Waals surface area contributed by atoms with Gasteiger partial charge in [-0.3, -0.25) is 9.59 Å². The van der Waals surface area contributed by atoms with Crippen LogP contribution >= 0.6 is 0 Å². The van der Waals surface area contributed by atoms with E-state index in [1.54, 1.807) is 6.07 Å². The zero-order chi connectivity index (χ0) is 12.9. The van der Waals surface area contributed by atoms with Gasteiger partial charge in [0, 0.05) is 5.56 Å². The van der Waals surface area contributed by atoms with E-state index in [-0.39, 0.29) is 11.5 Å². The van der Waals surface area contributed by atoms with Crippen LogP contribution in [0.1, 0.15) is 23.2 Å². The minimum atomic E-state index is -1.25. The van der Waals surface area contributed by atoms with Crippen molar-refractivity contribution in [3.63, 3.8) is 0 Å². The third-order valence-electron chi connectivity index (χ3n) is 3.37. The van der Waals surface area contributed by atoms with Gasteiger partial charge in [0.05, 0.1) is 11.0 Å². The number of hydrogen-bond acceptors (Lipinski definition) is 3. The molecule has 1 aliphatic rings. The zero-order valence-electron chi connectivity index (χ0n) is 9.32. The molecule has 3 rings (SSSR count). The van der Waals surface area contributed by atoms with Crippen LogP contribution in [0.15, 0.2) is 23.0 Å². The number of carboxylic acid groups (broad SMARTS) is 1. The average molecular weight is 246 g/mol. The van der Waals surface area contributed by atoms with Gasteiger partial charge < -0.3 is 15.1 Å². The first kappa shape index (κ1) is 10.8. The number of fused-ring (bicyclic) bond motifs is 1. The lowest BCUT2D eigenvalue weighted by atomic mass is 9.94. The molecule has 1 aromatic heterocycles. The molecule has 6 nitrogen and oxygen atoms in total. The van der Waals surface area contributed by atoms with Gasteiger partial charge in [-0.15, -0.1) is 0 Å². The molecule has 1 heterocycles. The summed E-state index contributed by atoms with van der Waals surface area (Å²) in [6.45, 7) is 0. The molecule has 0 spiro atoms. The Morgan fingerprint density at radius 3 is 2.44 bits per heavy atom. The smallest absolute Gasteiger partial charge is 0.323 e. The maximum absolute atomic E-state index is 12.1. The third kappa shape index (κ3) is 1.38. The molecular formula is C12H10N2O4. The summed E-state index contributed by atoms with van der Waals surface area (Å²) < 4.78 is 0. The molecule has 6 heteroatoms. The number of rotatable bonds is 3. The fourth-order valence-corrected chi connectivity index (χ4v) is 2.11. The minimum absolute atomic E-state index is 0.317. The zero-order valence-corrected chi connectivity index (χ0v) is 9.32. The molecule has 0 amide bonds. The molecule has 1 saturated carbocycles. The Bertz CT molecular complexity index is 721. The number of aromatic nitrogens is 2. The van der Waals surface area contributed by atoms with Crippen molar-refractivity contribution in [1.29, 1.82) is 0 Å². The lowest BCUT2D eigenvalue weighted by molar-refractivity contribution is -0.141. The number of carbonyl (C=O) groups is 2. The van der Waals surface area contributed by atoms with Crippen LogP contribution in [0.2, 0.25) is 0 Å². The molecule has 0 bridgehead atoms. The Hall–Kier alpha value is -2.37. The van der Waals surface area contributed by atoms with Crippen LogP contribution < -0.4 is 5.69 Å². The first-order chi connectivity index (χ1) is 8.53. The van der Waals surface area contributed by atoms with Crippen LogP contribution in [-0.2, 0) is 4.79 Å². The quantitative estimate of drug-likeness (QED) is 0.553. The number of Topliss-reactive ketones (excluding diaryl/α,β-unsaturated/α-hetero) is 1. The van der Waals surface area contributed by atoms with Crippen LogP contribution in [0.4, 0.5) is 0 Å². The highest BCUT2D eigenvalue weighted by Crippen LogP contribution is 2.48. The van der Waals surface area contributed by atoms with Crippen LogP contribution in [0.3, 0.4) is 0 Å². The molecule has 0 unspecified atom stereocenters. The normalized spacial score (nSPS) is 16.7. The molecule has 0 aliphatic heterocycles. The number of benzene rings is 1. The first-order valence-electron chi connectivity index (χ1n) is 5.53. The molecule has 0 radical (unpaired) electrons. The van der Waals surface area contributed by atoms with E-state index in [9.17, 15) is 14.4 Å². The highest BCUT2D eigenvalue weighted by Gasteiger charge is 2.56. The second-order valence-corrected chi connectivity index (χ2v) is 4.56. The van der Waals surface area contributed by atoms with Gasteiger partial charge in [-0.25, -0.2) is 4.79 Å². The summed E-state index contributed by atoms with van der Waals surface area (Å²) in [7, 11) is 0. The van der Waals surface area contributed by atoms with Gasteiger partial charge in [0.15, 0.2) is 5.78 Å². The van der Waals surface area contributed by atoms with Crippen molar-refractivity contribution in [3.8, 4) is 0 Å². The number of nitrogens with one attached hydrogen (secondary N) is 2. The second kappa shape index (κ2) is 3.32. The highest BCUT2D eigenvalue weighted by atomic mass is 16.4. The summed E-state index contributed by atoms with van der Waals surface area (Å²) in [6.07, 6.45) is 0.756. The maximum Gasteiger partial charge on any atom is 0.323 e. The van der Waals surface area contributed by atoms with E-state index in [0.29, 0.717) is 29.4 Å². The van der Waals surface area contributed by atoms with E-state index in [4.69, 9.17) is 5.11 Å². The summed E-state index contributed by atoms with van der Waals surface area (Å²) in [6, 6.07) is 4.65. The van der Waals surface area contributed by atoms with E-state index in [1.807, 2.05) is 0 Å². The predicted octanol–water partition coefficient (Wildman–Crippen LogP) is 0.904. The largest absolute Gasteiger partial charge is 0.480 e. The Morgan fingerprint density at radius 1 is 1.17 bits per heavy atom. The number of carbonyl (C=O) groups excluding carboxylic acids is 1. The molecule has 1 aromatic carbocycles. The fraction of sp³-hybridized carbons (Fsp3) is 0.250. The van der Waals surface area contributed by atoms with Crippen molar-refractivity contribution in [3.05, 3.63) is 34.2 Å². The first-order valence-corrected chi connectivity index (χ1v) is 5.53. The van der Waals surface area contributed by atoms with Gasteiger partial charge in [-0.2, -0.15) is 0 Å². The number of aromatic amines is 2. The summed E-state index contributed by atoms with van der Waals surface area (Å²) in [5.41, 5.74) is -0.181. The Kier molecular flexibility index (Phi) is 1.98. The van der Waals surface area contributed by atoms with Gasteiger partial charge in [-0.1, -0.05) is 0 Å². The van der Waals surface area contributed by atoms with Crippen LogP contribution in [0, 0.1) is 5.41 Å². The molecule has 0 atom stereocenters. The van der Waals surface area contributed by atoms with E-state index in [0.717, 1.165) is 0 Å². The van der Waals surface area contributed by atoms with Crippen molar-refractivity contribution >= 4 is 22.8 Å². The summed E-state index contributed by atoms with van der Waals surface area (Å²) in [5, 5.41) is 9.07. The van der Waals surface area contributed by atoms with E-state index >= 15 is 0 Å². The standard InChI is InChI=1S/C12H10N2O4/c15-9(12(3-4-12)10(16)17)6-1-2-7-8(5-6)14-11(18)13-7/h1-2,5H,3-4H2,(H,16,17)(H2,13,14,18). The number of hydrogen-bond donors (Lipinski definition) is 3. The van der Waals surface area contributed by atoms with Gasteiger partial charge in [0.2, 0.25) is 0 Å². The SMILES string of the molecule is O=C(O)C1(C(=O)c2ccc3[nH]c(=O)[nH]c3c2)CC1. The molecule has 0 saturated heterocycles. The topological polar surface area (TPSA) is 103 Å². The highest BCUT2D eigenvalue weighted by molar-refractivity contribution is 6.15. The van der Waals surface area contributed by atoms with Crippen molar-refractivity contribution in [2.75, 3.05) is 0 Å². The number of carboxylic acids is 1. The van der Waals surface area contributed by atoms with Crippen molar-refractivity contribution in [2.24, 2.45) is 5.41 Å². The molecule has 18 heavy (non-hydrogen) atoms. The Labute approximate surface area is 101 Å². The van der Waals surface area contributed by atoms with Crippen LogP contribution in [0.25, 0.3) is 11.0 Å². The van der Waals surface area contributed by atoms with Gasteiger partial charge >= 0.3 is 11.7 Å². The molecule has 3 N–H and O–H groups in total. The molecule has 1 aliphatic carbocycles. The monoisotopic (exact) mass is 246 g/mol. The Balaban J connectivity index is 2.07. The van der Waals surface area contributed by atoms with Gasteiger partial charge in [0.25, 0.3) is 0 Å². The Morgan fingerprint density at radius 2 is 1.83 bits per heavy atom. The fourth-order valence-electron chi connectivity index (χ4n) is 2.11. The second-order valence-electron chi connectivity index (χ2n) is 4.56. The lowest BCUT2D eigenvalue weighted by Crippen LogP contribution is -2.25. The number of ketones is 1. The predicted molar refractivity (Wildman–Crippen MR) is 62.6 cm³/mol. The van der Waals surface area contributed by atoms with Gasteiger partial charge in [0.1, 0.15) is 5.41 Å². The third-order valence-corrected chi connectivity index (χ3v) is 3.37. The van der Waals surface area contributed by atoms with Gasteiger partial charge in [-0.05, 0) is 31.0 Å². The number of imidazole rings is 1. The van der Waals surface area contributed by atoms with Crippen molar-refractivity contribution < 1.29 is 14.7 Å². The molecule has 92 valence electrons. The van der Waals surface area contributed by atoms with E-state index in [2.05, 4.69) is 9.97 Å². The van der Waals surface area contributed by atoms with Crippen molar-refractivity contribution in [2.45, 2.75) is 12.8 Å². The molecular weight excluding hydrogens is 236 g/mol. The van der Waals surface area contributed by atoms with Crippen LogP contribution in [-0.4, -0.2) is 26.8 Å². The summed E-state index contributed by atoms with van der Waals surface area (Å²) in [5.74, 6) is -1.46. The maximum atomic E-state index is 12.1. The van der Waals surface area contributed by atoms with Crippen LogP contribution in [0.5, 0.6) is 0 Å². The number of H-pyrrole nitrogens is 2.